The molecule has 0 aliphatic rings. The van der Waals surface area contributed by atoms with E-state index in [0.29, 0.717) is 25.8 Å². The van der Waals surface area contributed by atoms with Crippen molar-refractivity contribution in [2.45, 2.75) is 49.9 Å². The Labute approximate surface area is 191 Å². The molecule has 0 fully saturated rings. The van der Waals surface area contributed by atoms with Gasteiger partial charge in [0.15, 0.2) is 0 Å². The number of hydrogen-bond acceptors (Lipinski definition) is 8. The summed E-state index contributed by atoms with van der Waals surface area (Å²) in [7, 11) is 0. The molecule has 0 spiro atoms. The average molecular weight is 468 g/mol. The molecule has 4 unspecified atom stereocenters. The molecule has 0 radical (unpaired) electrons. The average Bonchev–Trinajstić information content (AvgIpc) is 2.80. The van der Waals surface area contributed by atoms with E-state index in [0.717, 1.165) is 5.56 Å². The van der Waals surface area contributed by atoms with Crippen molar-refractivity contribution in [2.24, 2.45) is 11.5 Å². The summed E-state index contributed by atoms with van der Waals surface area (Å²) in [5.41, 5.74) is 12.1. The lowest BCUT2D eigenvalue weighted by molar-refractivity contribution is -0.143. The molecule has 3 amide bonds. The molecule has 10 N–H and O–H groups in total. The maximum Gasteiger partial charge on any atom is 0.328 e. The van der Waals surface area contributed by atoms with Gasteiger partial charge in [0.1, 0.15) is 18.1 Å². The number of benzene rings is 1. The summed E-state index contributed by atoms with van der Waals surface area (Å²) in [6.07, 6.45) is 1.81. The quantitative estimate of drug-likeness (QED) is 0.125. The van der Waals surface area contributed by atoms with Crippen LogP contribution in [0, 0.1) is 0 Å². The van der Waals surface area contributed by atoms with Crippen molar-refractivity contribution >= 4 is 23.7 Å². The summed E-state index contributed by atoms with van der Waals surface area (Å²) < 4.78 is 0. The van der Waals surface area contributed by atoms with Crippen LogP contribution in [0.4, 0.5) is 0 Å². The van der Waals surface area contributed by atoms with E-state index in [4.69, 9.17) is 21.7 Å². The number of carbonyl (C=O) groups is 4. The van der Waals surface area contributed by atoms with Crippen LogP contribution in [-0.4, -0.2) is 82.9 Å². The first-order valence-corrected chi connectivity index (χ1v) is 10.6. The van der Waals surface area contributed by atoms with E-state index in [2.05, 4.69) is 10.6 Å². The van der Waals surface area contributed by atoms with Crippen LogP contribution >= 0.6 is 0 Å². The van der Waals surface area contributed by atoms with Gasteiger partial charge in [-0.15, -0.1) is 0 Å². The number of aliphatic hydroxyl groups excluding tert-OH is 2. The van der Waals surface area contributed by atoms with Gasteiger partial charge < -0.3 is 42.7 Å². The Balaban J connectivity index is 2.91. The molecule has 184 valence electrons. The zero-order valence-corrected chi connectivity index (χ0v) is 18.3. The summed E-state index contributed by atoms with van der Waals surface area (Å²) in [6, 6.07) is 3.73. The molecule has 0 saturated carbocycles. The molecule has 0 saturated heterocycles. The number of unbranched alkanes of at least 4 members (excludes halogenated alkanes) is 1. The number of nitrogens with two attached hydrogens (primary N) is 2. The van der Waals surface area contributed by atoms with Gasteiger partial charge >= 0.3 is 5.97 Å². The SMILES string of the molecule is NCCCCC(N)C(=O)NC(Cc1ccccc1)C(=O)NC(CO)C(=O)NC(CO)C(=O)O. The normalized spacial score (nSPS) is 14.4. The second-order valence-corrected chi connectivity index (χ2v) is 7.47. The Kier molecular flexibility index (Phi) is 12.6. The van der Waals surface area contributed by atoms with Crippen LogP contribution in [0.2, 0.25) is 0 Å². The summed E-state index contributed by atoms with van der Waals surface area (Å²) >= 11 is 0. The minimum absolute atomic E-state index is 0.0854. The molecule has 4 atom stereocenters. The van der Waals surface area contributed by atoms with E-state index in [1.165, 1.54) is 0 Å². The van der Waals surface area contributed by atoms with Gasteiger partial charge in [-0.25, -0.2) is 4.79 Å². The predicted octanol–water partition coefficient (Wildman–Crippen LogP) is -2.79. The molecule has 12 nitrogen and oxygen atoms in total. The predicted molar refractivity (Wildman–Crippen MR) is 119 cm³/mol. The molecule has 1 aromatic carbocycles. The highest BCUT2D eigenvalue weighted by molar-refractivity contribution is 5.94. The summed E-state index contributed by atoms with van der Waals surface area (Å²) in [5, 5.41) is 34.4. The third kappa shape index (κ3) is 9.95. The maximum absolute atomic E-state index is 12.9. The Morgan fingerprint density at radius 2 is 1.36 bits per heavy atom. The standard InChI is InChI=1S/C21H33N5O7/c22-9-5-4-8-14(23)18(29)24-15(10-13-6-2-1-3-7-13)19(30)25-16(11-27)20(31)26-17(12-28)21(32)33/h1-3,6-7,14-17,27-28H,4-5,8-12,22-23H2,(H,24,29)(H,25,30)(H,26,31)(H,32,33). The van der Waals surface area contributed by atoms with Crippen LogP contribution in [0.1, 0.15) is 24.8 Å². The number of carboxylic acids is 1. The first-order chi connectivity index (χ1) is 15.7. The van der Waals surface area contributed by atoms with E-state index >= 15 is 0 Å². The fraction of sp³-hybridized carbons (Fsp3) is 0.524. The monoisotopic (exact) mass is 467 g/mol. The van der Waals surface area contributed by atoms with Crippen LogP contribution in [0.15, 0.2) is 30.3 Å². The molecular formula is C21H33N5O7. The second kappa shape index (κ2) is 14.9. The van der Waals surface area contributed by atoms with Crippen molar-refractivity contribution < 1.29 is 34.5 Å². The number of aliphatic carboxylic acids is 1. The van der Waals surface area contributed by atoms with Crippen LogP contribution < -0.4 is 27.4 Å². The summed E-state index contributed by atoms with van der Waals surface area (Å²) in [5.74, 6) is -3.81. The van der Waals surface area contributed by atoms with Gasteiger partial charge in [0.05, 0.1) is 19.3 Å². The lowest BCUT2D eigenvalue weighted by atomic mass is 10.0. The van der Waals surface area contributed by atoms with Gasteiger partial charge in [-0.3, -0.25) is 14.4 Å². The largest absolute Gasteiger partial charge is 0.480 e. The summed E-state index contributed by atoms with van der Waals surface area (Å²) in [4.78, 5) is 48.7. The Hall–Kier alpha value is -3.06. The van der Waals surface area contributed by atoms with E-state index in [-0.39, 0.29) is 6.42 Å². The molecule has 0 aromatic heterocycles. The zero-order chi connectivity index (χ0) is 24.8. The van der Waals surface area contributed by atoms with Crippen LogP contribution in [0.5, 0.6) is 0 Å². The Morgan fingerprint density at radius 1 is 0.818 bits per heavy atom. The zero-order valence-electron chi connectivity index (χ0n) is 18.3. The highest BCUT2D eigenvalue weighted by Crippen LogP contribution is 2.06. The molecule has 0 aliphatic heterocycles. The fourth-order valence-corrected chi connectivity index (χ4v) is 2.90. The minimum Gasteiger partial charge on any atom is -0.480 e. The van der Waals surface area contributed by atoms with Crippen LogP contribution in [-0.2, 0) is 25.6 Å². The number of carboxylic acid groups (broad SMARTS) is 1. The first-order valence-electron chi connectivity index (χ1n) is 10.6. The van der Waals surface area contributed by atoms with Crippen molar-refractivity contribution in [1.82, 2.24) is 16.0 Å². The van der Waals surface area contributed by atoms with Gasteiger partial charge in [0.2, 0.25) is 17.7 Å². The van der Waals surface area contributed by atoms with Gasteiger partial charge in [-0.2, -0.15) is 0 Å². The minimum atomic E-state index is -1.60. The third-order valence-electron chi connectivity index (χ3n) is 4.83. The lowest BCUT2D eigenvalue weighted by Crippen LogP contribution is -2.58. The van der Waals surface area contributed by atoms with E-state index in [1.54, 1.807) is 30.3 Å². The number of rotatable bonds is 15. The number of carbonyl (C=O) groups excluding carboxylic acids is 3. The van der Waals surface area contributed by atoms with Crippen molar-refractivity contribution in [2.75, 3.05) is 19.8 Å². The highest BCUT2D eigenvalue weighted by Gasteiger charge is 2.30. The number of hydrogen-bond donors (Lipinski definition) is 8. The Bertz CT molecular complexity index is 778. The van der Waals surface area contributed by atoms with Crippen molar-refractivity contribution in [3.05, 3.63) is 35.9 Å². The lowest BCUT2D eigenvalue weighted by Gasteiger charge is -2.24. The van der Waals surface area contributed by atoms with Crippen molar-refractivity contribution in [3.8, 4) is 0 Å². The highest BCUT2D eigenvalue weighted by atomic mass is 16.4. The molecular weight excluding hydrogens is 434 g/mol. The molecule has 1 aromatic rings. The van der Waals surface area contributed by atoms with Gasteiger partial charge in [0.25, 0.3) is 0 Å². The molecule has 12 heteroatoms. The van der Waals surface area contributed by atoms with Crippen molar-refractivity contribution in [3.63, 3.8) is 0 Å². The first kappa shape index (κ1) is 28.0. The van der Waals surface area contributed by atoms with Gasteiger partial charge in [-0.1, -0.05) is 36.8 Å². The smallest absolute Gasteiger partial charge is 0.328 e. The molecule has 0 aliphatic carbocycles. The van der Waals surface area contributed by atoms with E-state index in [9.17, 15) is 24.3 Å². The molecule has 1 rings (SSSR count). The third-order valence-corrected chi connectivity index (χ3v) is 4.83. The van der Waals surface area contributed by atoms with Crippen LogP contribution in [0.3, 0.4) is 0 Å². The Morgan fingerprint density at radius 3 is 1.91 bits per heavy atom. The van der Waals surface area contributed by atoms with E-state index < -0.39 is 61.1 Å². The summed E-state index contributed by atoms with van der Waals surface area (Å²) in [6.45, 7) is -1.24. The molecule has 0 bridgehead atoms. The van der Waals surface area contributed by atoms with Crippen LogP contribution in [0.25, 0.3) is 0 Å². The molecule has 0 heterocycles. The molecule has 33 heavy (non-hydrogen) atoms. The number of aliphatic hydroxyl groups is 2. The second-order valence-electron chi connectivity index (χ2n) is 7.47. The topological polar surface area (TPSA) is 217 Å². The maximum atomic E-state index is 12.9. The fourth-order valence-electron chi connectivity index (χ4n) is 2.90. The number of amides is 3. The van der Waals surface area contributed by atoms with Crippen molar-refractivity contribution in [1.29, 1.82) is 0 Å². The van der Waals surface area contributed by atoms with Gasteiger partial charge in [0, 0.05) is 6.42 Å². The van der Waals surface area contributed by atoms with Gasteiger partial charge in [-0.05, 0) is 24.9 Å². The number of nitrogens with one attached hydrogen (secondary N) is 3. The van der Waals surface area contributed by atoms with E-state index in [1.807, 2.05) is 5.32 Å².